The van der Waals surface area contributed by atoms with Crippen molar-refractivity contribution in [2.75, 3.05) is 12.4 Å². The number of nitrogens with zero attached hydrogens (tertiary/aromatic N) is 2. The van der Waals surface area contributed by atoms with Gasteiger partial charge in [0, 0.05) is 10.2 Å². The summed E-state index contributed by atoms with van der Waals surface area (Å²) in [4.78, 5) is 17.8. The molecular formula is C19H19BrN2O2S. The van der Waals surface area contributed by atoms with E-state index in [9.17, 15) is 4.79 Å². The van der Waals surface area contributed by atoms with Crippen LogP contribution >= 0.6 is 27.7 Å². The van der Waals surface area contributed by atoms with Gasteiger partial charge in [0.05, 0.1) is 29.3 Å². The quantitative estimate of drug-likeness (QED) is 0.331. The maximum absolute atomic E-state index is 13.1. The van der Waals surface area contributed by atoms with Crippen LogP contribution in [0.2, 0.25) is 0 Å². The Hall–Kier alpha value is -1.63. The van der Waals surface area contributed by atoms with Gasteiger partial charge in [-0.3, -0.25) is 9.36 Å². The predicted molar refractivity (Wildman–Crippen MR) is 107 cm³/mol. The van der Waals surface area contributed by atoms with Gasteiger partial charge in [-0.1, -0.05) is 45.9 Å². The number of rotatable bonds is 6. The zero-order chi connectivity index (χ0) is 17.8. The normalized spacial score (nSPS) is 11.4. The van der Waals surface area contributed by atoms with Crippen molar-refractivity contribution in [3.63, 3.8) is 0 Å². The van der Waals surface area contributed by atoms with Crippen molar-refractivity contribution in [3.8, 4) is 5.69 Å². The molecule has 0 saturated carbocycles. The van der Waals surface area contributed by atoms with Crippen LogP contribution < -0.4 is 5.56 Å². The Morgan fingerprint density at radius 3 is 2.68 bits per heavy atom. The molecule has 1 heterocycles. The van der Waals surface area contributed by atoms with Crippen LogP contribution in [0.1, 0.15) is 13.8 Å². The number of fused-ring (bicyclic) bond motifs is 1. The van der Waals surface area contributed by atoms with E-state index in [1.54, 1.807) is 4.57 Å². The van der Waals surface area contributed by atoms with Crippen molar-refractivity contribution in [2.24, 2.45) is 0 Å². The minimum absolute atomic E-state index is 0.0650. The molecule has 0 unspecified atom stereocenters. The van der Waals surface area contributed by atoms with E-state index in [0.29, 0.717) is 22.7 Å². The molecule has 25 heavy (non-hydrogen) atoms. The first kappa shape index (κ1) is 18.2. The van der Waals surface area contributed by atoms with Crippen molar-refractivity contribution >= 4 is 38.6 Å². The first-order chi connectivity index (χ1) is 12.1. The lowest BCUT2D eigenvalue weighted by Gasteiger charge is -2.14. The van der Waals surface area contributed by atoms with E-state index >= 15 is 0 Å². The van der Waals surface area contributed by atoms with E-state index in [2.05, 4.69) is 15.9 Å². The van der Waals surface area contributed by atoms with E-state index in [1.165, 1.54) is 11.8 Å². The van der Waals surface area contributed by atoms with Gasteiger partial charge in [0.15, 0.2) is 5.16 Å². The van der Waals surface area contributed by atoms with Crippen LogP contribution in [0.3, 0.4) is 0 Å². The Kier molecular flexibility index (Phi) is 5.93. The van der Waals surface area contributed by atoms with Crippen molar-refractivity contribution in [2.45, 2.75) is 25.1 Å². The average Bonchev–Trinajstić information content (AvgIpc) is 2.60. The van der Waals surface area contributed by atoms with Gasteiger partial charge in [-0.05, 0) is 44.2 Å². The Morgan fingerprint density at radius 2 is 1.96 bits per heavy atom. The molecule has 2 aromatic carbocycles. The van der Waals surface area contributed by atoms with Gasteiger partial charge < -0.3 is 4.74 Å². The van der Waals surface area contributed by atoms with E-state index < -0.39 is 0 Å². The predicted octanol–water partition coefficient (Wildman–Crippen LogP) is 4.67. The van der Waals surface area contributed by atoms with Crippen molar-refractivity contribution in [3.05, 3.63) is 63.4 Å². The van der Waals surface area contributed by atoms with Crippen molar-refractivity contribution in [1.29, 1.82) is 0 Å². The molecule has 0 aliphatic rings. The molecule has 0 fully saturated rings. The number of benzene rings is 2. The van der Waals surface area contributed by atoms with Crippen LogP contribution in [0, 0.1) is 0 Å². The number of hydrogen-bond donors (Lipinski definition) is 0. The molecule has 130 valence electrons. The second-order valence-electron chi connectivity index (χ2n) is 5.80. The second kappa shape index (κ2) is 8.17. The monoisotopic (exact) mass is 418 g/mol. The minimum atomic E-state index is -0.0650. The van der Waals surface area contributed by atoms with Gasteiger partial charge in [0.1, 0.15) is 0 Å². The molecule has 0 aliphatic carbocycles. The number of halogens is 1. The molecule has 3 aromatic rings. The van der Waals surface area contributed by atoms with E-state index in [0.717, 1.165) is 15.9 Å². The van der Waals surface area contributed by atoms with Crippen LogP contribution in [-0.4, -0.2) is 28.0 Å². The van der Waals surface area contributed by atoms with Crippen LogP contribution in [0.5, 0.6) is 0 Å². The summed E-state index contributed by atoms with van der Waals surface area (Å²) in [6.07, 6.45) is 0.193. The first-order valence-corrected chi connectivity index (χ1v) is 9.86. The van der Waals surface area contributed by atoms with E-state index in [-0.39, 0.29) is 11.7 Å². The minimum Gasteiger partial charge on any atom is -0.378 e. The summed E-state index contributed by atoms with van der Waals surface area (Å²) in [6.45, 7) is 4.64. The summed E-state index contributed by atoms with van der Waals surface area (Å²) in [7, 11) is 0. The number of thioether (sulfide) groups is 1. The van der Waals surface area contributed by atoms with Gasteiger partial charge >= 0.3 is 0 Å². The smallest absolute Gasteiger partial charge is 0.266 e. The summed E-state index contributed by atoms with van der Waals surface area (Å²) >= 11 is 4.97. The highest BCUT2D eigenvalue weighted by atomic mass is 79.9. The van der Waals surface area contributed by atoms with Gasteiger partial charge in [-0.25, -0.2) is 4.98 Å². The van der Waals surface area contributed by atoms with Crippen molar-refractivity contribution in [1.82, 2.24) is 9.55 Å². The Morgan fingerprint density at radius 1 is 1.20 bits per heavy atom. The maximum atomic E-state index is 13.1. The van der Waals surface area contributed by atoms with Gasteiger partial charge in [-0.15, -0.1) is 0 Å². The molecule has 3 rings (SSSR count). The van der Waals surface area contributed by atoms with Gasteiger partial charge in [-0.2, -0.15) is 0 Å². The largest absolute Gasteiger partial charge is 0.378 e. The summed E-state index contributed by atoms with van der Waals surface area (Å²) in [5.41, 5.74) is 1.45. The lowest BCUT2D eigenvalue weighted by atomic mass is 10.2. The molecule has 4 nitrogen and oxygen atoms in total. The highest BCUT2D eigenvalue weighted by Crippen LogP contribution is 2.23. The van der Waals surface area contributed by atoms with E-state index in [4.69, 9.17) is 9.72 Å². The molecule has 1 aromatic heterocycles. The third-order valence-corrected chi connectivity index (χ3v) is 4.98. The highest BCUT2D eigenvalue weighted by molar-refractivity contribution is 9.10. The fourth-order valence-electron chi connectivity index (χ4n) is 2.46. The Labute approximate surface area is 159 Å². The molecule has 6 heteroatoms. The van der Waals surface area contributed by atoms with Crippen LogP contribution in [0.4, 0.5) is 0 Å². The molecular weight excluding hydrogens is 400 g/mol. The summed E-state index contributed by atoms with van der Waals surface area (Å²) in [6, 6.07) is 15.2. The van der Waals surface area contributed by atoms with Crippen molar-refractivity contribution < 1.29 is 4.74 Å². The zero-order valence-electron chi connectivity index (χ0n) is 14.1. The average molecular weight is 419 g/mol. The number of ether oxygens (including phenoxy) is 1. The molecule has 0 spiro atoms. The third kappa shape index (κ3) is 4.32. The Balaban J connectivity index is 2.07. The molecule has 0 atom stereocenters. The lowest BCUT2D eigenvalue weighted by molar-refractivity contribution is 0.0920. The maximum Gasteiger partial charge on any atom is 0.266 e. The van der Waals surface area contributed by atoms with Crippen LogP contribution in [0.15, 0.2) is 63.0 Å². The molecule has 0 aliphatic heterocycles. The second-order valence-corrected chi connectivity index (χ2v) is 7.78. The highest BCUT2D eigenvalue weighted by Gasteiger charge is 2.13. The SMILES string of the molecule is CC(C)OCCSc1nc2ccc(Br)cc2c(=O)n1-c1ccccc1. The summed E-state index contributed by atoms with van der Waals surface area (Å²) in [5.74, 6) is 0.736. The van der Waals surface area contributed by atoms with Crippen LogP contribution in [0.25, 0.3) is 16.6 Å². The fraction of sp³-hybridized carbons (Fsp3) is 0.263. The fourth-order valence-corrected chi connectivity index (χ4v) is 3.66. The molecule has 0 amide bonds. The van der Waals surface area contributed by atoms with E-state index in [1.807, 2.05) is 62.4 Å². The lowest BCUT2D eigenvalue weighted by Crippen LogP contribution is -2.22. The van der Waals surface area contributed by atoms with Gasteiger partial charge in [0.25, 0.3) is 5.56 Å². The third-order valence-electron chi connectivity index (χ3n) is 3.58. The molecule has 0 bridgehead atoms. The molecule has 0 saturated heterocycles. The Bertz CT molecular complexity index is 926. The summed E-state index contributed by atoms with van der Waals surface area (Å²) in [5, 5.41) is 1.28. The number of aromatic nitrogens is 2. The zero-order valence-corrected chi connectivity index (χ0v) is 16.5. The number of para-hydroxylation sites is 1. The van der Waals surface area contributed by atoms with Crippen LogP contribution in [-0.2, 0) is 4.74 Å². The molecule has 0 N–H and O–H groups in total. The number of hydrogen-bond acceptors (Lipinski definition) is 4. The summed E-state index contributed by atoms with van der Waals surface area (Å²) < 4.78 is 8.14. The van der Waals surface area contributed by atoms with Gasteiger partial charge in [0.2, 0.25) is 0 Å². The standard InChI is InChI=1S/C19H19BrN2O2S/c1-13(2)24-10-11-25-19-21-17-9-8-14(20)12-16(17)18(23)22(19)15-6-4-3-5-7-15/h3-9,12-13H,10-11H2,1-2H3. The first-order valence-electron chi connectivity index (χ1n) is 8.08. The molecule has 0 radical (unpaired) electrons. The topological polar surface area (TPSA) is 44.1 Å².